The van der Waals surface area contributed by atoms with Gasteiger partial charge in [-0.25, -0.2) is 0 Å². The normalized spacial score (nSPS) is 15.6. The van der Waals surface area contributed by atoms with Crippen LogP contribution in [0.5, 0.6) is 0 Å². The maximum atomic E-state index is 12.4. The van der Waals surface area contributed by atoms with Gasteiger partial charge in [0.05, 0.1) is 0 Å². The zero-order valence-corrected chi connectivity index (χ0v) is 18.0. The first-order chi connectivity index (χ1) is 13.2. The Hall–Kier alpha value is -1.30. The molecule has 1 aliphatic heterocycles. The number of carbonyl (C=O) groups excluding carboxylic acids is 1. The van der Waals surface area contributed by atoms with E-state index in [2.05, 4.69) is 74.7 Å². The molecule has 27 heavy (non-hydrogen) atoms. The number of benzene rings is 2. The van der Waals surface area contributed by atoms with E-state index in [-0.39, 0.29) is 11.8 Å². The molecule has 0 bridgehead atoms. The fraction of sp³-hybridized carbons (Fsp3) is 0.409. The summed E-state index contributed by atoms with van der Waals surface area (Å²) in [6.07, 6.45) is 1.92. The van der Waals surface area contributed by atoms with Crippen molar-refractivity contribution in [2.75, 3.05) is 25.4 Å². The standard InChI is InChI=1S/C22H27BrN2OS/c23-21-8-6-18(7-9-21)16-25-13-10-20(11-14-25)22(26)24-12-15-27-17-19-4-2-1-3-5-19/h1-9,20H,10-17H2,(H,24,26). The second-order valence-corrected chi connectivity index (χ2v) is 9.03. The molecule has 1 fully saturated rings. The summed E-state index contributed by atoms with van der Waals surface area (Å²) in [7, 11) is 0. The molecule has 144 valence electrons. The lowest BCUT2D eigenvalue weighted by molar-refractivity contribution is -0.126. The smallest absolute Gasteiger partial charge is 0.223 e. The number of hydrogen-bond donors (Lipinski definition) is 1. The predicted octanol–water partition coefficient (Wildman–Crippen LogP) is 4.71. The van der Waals surface area contributed by atoms with Gasteiger partial charge in [0.15, 0.2) is 0 Å². The van der Waals surface area contributed by atoms with Crippen molar-refractivity contribution in [3.63, 3.8) is 0 Å². The summed E-state index contributed by atoms with van der Waals surface area (Å²) in [5.74, 6) is 2.37. The molecule has 0 aromatic heterocycles. The summed E-state index contributed by atoms with van der Waals surface area (Å²) in [4.78, 5) is 14.8. The molecule has 1 N–H and O–H groups in total. The Labute approximate surface area is 175 Å². The van der Waals surface area contributed by atoms with Gasteiger partial charge in [0.2, 0.25) is 5.91 Å². The number of carbonyl (C=O) groups is 1. The molecular formula is C22H27BrN2OS. The van der Waals surface area contributed by atoms with Crippen molar-refractivity contribution in [2.45, 2.75) is 25.1 Å². The summed E-state index contributed by atoms with van der Waals surface area (Å²) in [5, 5.41) is 3.13. The molecule has 0 saturated carbocycles. The molecule has 0 aliphatic carbocycles. The monoisotopic (exact) mass is 446 g/mol. The van der Waals surface area contributed by atoms with Gasteiger partial charge in [-0.2, -0.15) is 11.8 Å². The van der Waals surface area contributed by atoms with Gasteiger partial charge in [0.1, 0.15) is 0 Å². The third-order valence-electron chi connectivity index (χ3n) is 4.93. The first-order valence-corrected chi connectivity index (χ1v) is 11.5. The van der Waals surface area contributed by atoms with Crippen molar-refractivity contribution in [1.82, 2.24) is 10.2 Å². The number of nitrogens with one attached hydrogen (secondary N) is 1. The van der Waals surface area contributed by atoms with Crippen molar-refractivity contribution in [3.05, 3.63) is 70.2 Å². The molecule has 0 spiro atoms. The van der Waals surface area contributed by atoms with Gasteiger partial charge in [-0.05, 0) is 49.2 Å². The highest BCUT2D eigenvalue weighted by Gasteiger charge is 2.24. The van der Waals surface area contributed by atoms with Gasteiger partial charge < -0.3 is 5.32 Å². The number of amides is 1. The van der Waals surface area contributed by atoms with Crippen LogP contribution < -0.4 is 5.32 Å². The third-order valence-corrected chi connectivity index (χ3v) is 6.49. The fourth-order valence-corrected chi connectivity index (χ4v) is 4.44. The SMILES string of the molecule is O=C(NCCSCc1ccccc1)C1CCN(Cc2ccc(Br)cc2)CC1. The molecule has 0 atom stereocenters. The molecule has 3 nitrogen and oxygen atoms in total. The van der Waals surface area contributed by atoms with Crippen molar-refractivity contribution in [3.8, 4) is 0 Å². The van der Waals surface area contributed by atoms with Gasteiger partial charge in [0, 0.05) is 35.0 Å². The fourth-order valence-electron chi connectivity index (χ4n) is 3.36. The van der Waals surface area contributed by atoms with E-state index in [1.54, 1.807) is 0 Å². The van der Waals surface area contributed by atoms with E-state index in [0.29, 0.717) is 0 Å². The number of thioether (sulfide) groups is 1. The molecular weight excluding hydrogens is 420 g/mol. The Bertz CT molecular complexity index is 700. The van der Waals surface area contributed by atoms with E-state index < -0.39 is 0 Å². The van der Waals surface area contributed by atoms with Crippen LogP contribution in [0.25, 0.3) is 0 Å². The van der Waals surface area contributed by atoms with E-state index in [9.17, 15) is 4.79 Å². The van der Waals surface area contributed by atoms with Crippen LogP contribution in [0.1, 0.15) is 24.0 Å². The number of hydrogen-bond acceptors (Lipinski definition) is 3. The second kappa shape index (κ2) is 10.9. The summed E-state index contributed by atoms with van der Waals surface area (Å²) >= 11 is 5.35. The zero-order chi connectivity index (χ0) is 18.9. The number of likely N-dealkylation sites (tertiary alicyclic amines) is 1. The lowest BCUT2D eigenvalue weighted by Crippen LogP contribution is -2.40. The van der Waals surface area contributed by atoms with Gasteiger partial charge in [-0.15, -0.1) is 0 Å². The molecule has 2 aromatic carbocycles. The number of piperidine rings is 1. The van der Waals surface area contributed by atoms with Gasteiger partial charge in [0.25, 0.3) is 0 Å². The van der Waals surface area contributed by atoms with Crippen molar-refractivity contribution < 1.29 is 4.79 Å². The Kier molecular flexibility index (Phi) is 8.24. The maximum absolute atomic E-state index is 12.4. The van der Waals surface area contributed by atoms with E-state index in [4.69, 9.17) is 0 Å². The highest BCUT2D eigenvalue weighted by molar-refractivity contribution is 9.10. The maximum Gasteiger partial charge on any atom is 0.223 e. The molecule has 1 heterocycles. The van der Waals surface area contributed by atoms with Crippen molar-refractivity contribution >= 4 is 33.6 Å². The molecule has 5 heteroatoms. The molecule has 0 radical (unpaired) electrons. The lowest BCUT2D eigenvalue weighted by atomic mass is 9.95. The molecule has 1 aliphatic rings. The van der Waals surface area contributed by atoms with Crippen LogP contribution in [0.15, 0.2) is 59.1 Å². The minimum Gasteiger partial charge on any atom is -0.355 e. The lowest BCUT2D eigenvalue weighted by Gasteiger charge is -2.31. The van der Waals surface area contributed by atoms with E-state index in [1.807, 2.05) is 17.8 Å². The van der Waals surface area contributed by atoms with Crippen LogP contribution in [0, 0.1) is 5.92 Å². The Morgan fingerprint density at radius 3 is 2.44 bits per heavy atom. The van der Waals surface area contributed by atoms with Gasteiger partial charge in [-0.1, -0.05) is 58.4 Å². The molecule has 1 amide bonds. The first kappa shape index (κ1) is 20.4. The Balaban J connectivity index is 1.29. The summed E-state index contributed by atoms with van der Waals surface area (Å²) < 4.78 is 1.11. The molecule has 0 unspecified atom stereocenters. The summed E-state index contributed by atoms with van der Waals surface area (Å²) in [5.41, 5.74) is 2.67. The van der Waals surface area contributed by atoms with Crippen LogP contribution in [-0.4, -0.2) is 36.2 Å². The van der Waals surface area contributed by atoms with Crippen molar-refractivity contribution in [2.24, 2.45) is 5.92 Å². The van der Waals surface area contributed by atoms with Crippen LogP contribution in [0.2, 0.25) is 0 Å². The van der Waals surface area contributed by atoms with Gasteiger partial charge in [-0.3, -0.25) is 9.69 Å². The van der Waals surface area contributed by atoms with Crippen LogP contribution in [0.3, 0.4) is 0 Å². The van der Waals surface area contributed by atoms with Crippen LogP contribution in [0.4, 0.5) is 0 Å². The summed E-state index contributed by atoms with van der Waals surface area (Å²) in [6.45, 7) is 3.72. The molecule has 2 aromatic rings. The average molecular weight is 447 g/mol. The highest BCUT2D eigenvalue weighted by Crippen LogP contribution is 2.20. The quantitative estimate of drug-likeness (QED) is 0.595. The van der Waals surface area contributed by atoms with Crippen LogP contribution in [-0.2, 0) is 17.1 Å². The number of halogens is 1. The largest absolute Gasteiger partial charge is 0.355 e. The van der Waals surface area contributed by atoms with E-state index in [1.165, 1.54) is 11.1 Å². The Morgan fingerprint density at radius 1 is 1.04 bits per heavy atom. The zero-order valence-electron chi connectivity index (χ0n) is 15.6. The number of nitrogens with zero attached hydrogens (tertiary/aromatic N) is 1. The highest BCUT2D eigenvalue weighted by atomic mass is 79.9. The minimum atomic E-state index is 0.172. The predicted molar refractivity (Wildman–Crippen MR) is 118 cm³/mol. The number of rotatable bonds is 8. The molecule has 3 rings (SSSR count). The minimum absolute atomic E-state index is 0.172. The first-order valence-electron chi connectivity index (χ1n) is 9.57. The van der Waals surface area contributed by atoms with E-state index >= 15 is 0 Å². The van der Waals surface area contributed by atoms with Crippen molar-refractivity contribution in [1.29, 1.82) is 0 Å². The van der Waals surface area contributed by atoms with E-state index in [0.717, 1.165) is 55.0 Å². The molecule has 1 saturated heterocycles. The Morgan fingerprint density at radius 2 is 1.74 bits per heavy atom. The topological polar surface area (TPSA) is 32.3 Å². The third kappa shape index (κ3) is 6.98. The van der Waals surface area contributed by atoms with Crippen LogP contribution >= 0.6 is 27.7 Å². The average Bonchev–Trinajstić information content (AvgIpc) is 2.71. The van der Waals surface area contributed by atoms with Gasteiger partial charge >= 0.3 is 0 Å². The summed E-state index contributed by atoms with van der Waals surface area (Å²) in [6, 6.07) is 19.0. The second-order valence-electron chi connectivity index (χ2n) is 7.01.